The van der Waals surface area contributed by atoms with E-state index in [1.54, 1.807) is 0 Å². The Bertz CT molecular complexity index is 573. The van der Waals surface area contributed by atoms with Gasteiger partial charge in [-0.3, -0.25) is 4.98 Å². The van der Waals surface area contributed by atoms with Gasteiger partial charge in [0.05, 0.1) is 10.5 Å². The highest BCUT2D eigenvalue weighted by atomic mass is 35.5. The first-order chi connectivity index (χ1) is 8.54. The predicted octanol–water partition coefficient (Wildman–Crippen LogP) is 5.27. The number of fused-ring (bicyclic) bond motifs is 1. The fourth-order valence-electron chi connectivity index (χ4n) is 2.52. The van der Waals surface area contributed by atoms with E-state index in [0.717, 1.165) is 34.5 Å². The van der Waals surface area contributed by atoms with Crippen molar-refractivity contribution < 1.29 is 0 Å². The summed E-state index contributed by atoms with van der Waals surface area (Å²) in [7, 11) is 0. The number of hydrogen-bond donors (Lipinski definition) is 0. The second-order valence-corrected chi connectivity index (χ2v) is 5.56. The topological polar surface area (TPSA) is 12.9 Å². The number of hydrogen-bond acceptors (Lipinski definition) is 1. The molecule has 1 nitrogen and oxygen atoms in total. The standard InChI is InChI=1S/C16H20ClN/c1-5-6-12-7-8-14-13(9-12)16(17)15(10(2)3)11(4)18-14/h7-10H,5-6H2,1-4H3. The highest BCUT2D eigenvalue weighted by Crippen LogP contribution is 2.33. The quantitative estimate of drug-likeness (QED) is 0.733. The average Bonchev–Trinajstić information content (AvgIpc) is 2.30. The summed E-state index contributed by atoms with van der Waals surface area (Å²) in [6.07, 6.45) is 2.25. The zero-order valence-electron chi connectivity index (χ0n) is 11.5. The first kappa shape index (κ1) is 13.4. The first-order valence-corrected chi connectivity index (χ1v) is 7.01. The van der Waals surface area contributed by atoms with E-state index in [1.807, 2.05) is 6.92 Å². The van der Waals surface area contributed by atoms with Gasteiger partial charge in [-0.1, -0.05) is 44.9 Å². The summed E-state index contributed by atoms with van der Waals surface area (Å²) in [4.78, 5) is 4.67. The SMILES string of the molecule is CCCc1ccc2nc(C)c(C(C)C)c(Cl)c2c1. The van der Waals surface area contributed by atoms with E-state index in [-0.39, 0.29) is 0 Å². The molecule has 1 heterocycles. The molecule has 2 aromatic rings. The molecule has 96 valence electrons. The zero-order valence-corrected chi connectivity index (χ0v) is 12.3. The minimum Gasteiger partial charge on any atom is -0.253 e. The van der Waals surface area contributed by atoms with Gasteiger partial charge < -0.3 is 0 Å². The summed E-state index contributed by atoms with van der Waals surface area (Å²) >= 11 is 6.57. The lowest BCUT2D eigenvalue weighted by Gasteiger charge is -2.14. The molecule has 0 aliphatic rings. The zero-order chi connectivity index (χ0) is 13.3. The van der Waals surface area contributed by atoms with Crippen LogP contribution < -0.4 is 0 Å². The molecule has 0 spiro atoms. The summed E-state index contributed by atoms with van der Waals surface area (Å²) in [5.74, 6) is 0.407. The Kier molecular flexibility index (Phi) is 3.91. The lowest BCUT2D eigenvalue weighted by molar-refractivity contribution is 0.848. The molecule has 0 atom stereocenters. The van der Waals surface area contributed by atoms with Gasteiger partial charge in [-0.2, -0.15) is 0 Å². The summed E-state index contributed by atoms with van der Waals surface area (Å²) in [5.41, 5.74) is 4.57. The normalized spacial score (nSPS) is 11.4. The van der Waals surface area contributed by atoms with Crippen molar-refractivity contribution in [1.29, 1.82) is 0 Å². The van der Waals surface area contributed by atoms with Gasteiger partial charge in [0.25, 0.3) is 0 Å². The maximum absolute atomic E-state index is 6.57. The van der Waals surface area contributed by atoms with Crippen LogP contribution in [-0.4, -0.2) is 4.98 Å². The van der Waals surface area contributed by atoms with Crippen LogP contribution in [-0.2, 0) is 6.42 Å². The Balaban J connectivity index is 2.69. The van der Waals surface area contributed by atoms with Crippen LogP contribution in [0.25, 0.3) is 10.9 Å². The van der Waals surface area contributed by atoms with Crippen molar-refractivity contribution in [1.82, 2.24) is 4.98 Å². The van der Waals surface area contributed by atoms with Crippen LogP contribution in [0, 0.1) is 6.92 Å². The molecular weight excluding hydrogens is 242 g/mol. The van der Waals surface area contributed by atoms with Gasteiger partial charge in [-0.15, -0.1) is 0 Å². The Morgan fingerprint density at radius 3 is 2.61 bits per heavy atom. The lowest BCUT2D eigenvalue weighted by atomic mass is 9.98. The fraction of sp³-hybridized carbons (Fsp3) is 0.438. The van der Waals surface area contributed by atoms with E-state index in [4.69, 9.17) is 11.6 Å². The molecule has 0 amide bonds. The smallest absolute Gasteiger partial charge is 0.0720 e. The van der Waals surface area contributed by atoms with E-state index in [1.165, 1.54) is 11.1 Å². The van der Waals surface area contributed by atoms with Crippen LogP contribution in [0.1, 0.15) is 49.9 Å². The van der Waals surface area contributed by atoms with Crippen LogP contribution in [0.3, 0.4) is 0 Å². The molecule has 0 N–H and O–H groups in total. The van der Waals surface area contributed by atoms with E-state index < -0.39 is 0 Å². The Hall–Kier alpha value is -1.08. The molecule has 0 saturated heterocycles. The fourth-order valence-corrected chi connectivity index (χ4v) is 3.02. The number of benzene rings is 1. The lowest BCUT2D eigenvalue weighted by Crippen LogP contribution is -1.98. The van der Waals surface area contributed by atoms with Gasteiger partial charge in [0, 0.05) is 11.1 Å². The van der Waals surface area contributed by atoms with Crippen molar-refractivity contribution in [3.8, 4) is 0 Å². The minimum atomic E-state index is 0.407. The van der Waals surface area contributed by atoms with Crippen LogP contribution in [0.2, 0.25) is 5.02 Å². The Labute approximate surface area is 114 Å². The van der Waals surface area contributed by atoms with Crippen LogP contribution >= 0.6 is 11.6 Å². The number of pyridine rings is 1. The third-order valence-electron chi connectivity index (χ3n) is 3.33. The van der Waals surface area contributed by atoms with E-state index in [9.17, 15) is 0 Å². The third-order valence-corrected chi connectivity index (χ3v) is 3.74. The van der Waals surface area contributed by atoms with Gasteiger partial charge in [0.15, 0.2) is 0 Å². The van der Waals surface area contributed by atoms with Gasteiger partial charge in [-0.05, 0) is 42.5 Å². The van der Waals surface area contributed by atoms with Crippen molar-refractivity contribution in [2.45, 2.75) is 46.5 Å². The summed E-state index contributed by atoms with van der Waals surface area (Å²) < 4.78 is 0. The van der Waals surface area contributed by atoms with E-state index in [0.29, 0.717) is 5.92 Å². The van der Waals surface area contributed by atoms with E-state index >= 15 is 0 Å². The number of rotatable bonds is 3. The number of nitrogens with zero attached hydrogens (tertiary/aromatic N) is 1. The van der Waals surface area contributed by atoms with Crippen LogP contribution in [0.4, 0.5) is 0 Å². The molecule has 0 aliphatic carbocycles. The van der Waals surface area contributed by atoms with E-state index in [2.05, 4.69) is 44.0 Å². The highest BCUT2D eigenvalue weighted by molar-refractivity contribution is 6.36. The largest absolute Gasteiger partial charge is 0.253 e. The maximum atomic E-state index is 6.57. The van der Waals surface area contributed by atoms with Crippen molar-refractivity contribution in [3.63, 3.8) is 0 Å². The van der Waals surface area contributed by atoms with Crippen LogP contribution in [0.5, 0.6) is 0 Å². The first-order valence-electron chi connectivity index (χ1n) is 6.63. The van der Waals surface area contributed by atoms with Gasteiger partial charge in [0.1, 0.15) is 0 Å². The minimum absolute atomic E-state index is 0.407. The molecule has 1 aromatic heterocycles. The monoisotopic (exact) mass is 261 g/mol. The number of aromatic nitrogens is 1. The summed E-state index contributed by atoms with van der Waals surface area (Å²) in [5, 5.41) is 1.97. The van der Waals surface area contributed by atoms with Crippen molar-refractivity contribution in [2.24, 2.45) is 0 Å². The molecule has 2 rings (SSSR count). The molecule has 0 radical (unpaired) electrons. The maximum Gasteiger partial charge on any atom is 0.0720 e. The van der Waals surface area contributed by atoms with Gasteiger partial charge in [-0.25, -0.2) is 0 Å². The van der Waals surface area contributed by atoms with Gasteiger partial charge >= 0.3 is 0 Å². The Morgan fingerprint density at radius 2 is 2.00 bits per heavy atom. The van der Waals surface area contributed by atoms with Gasteiger partial charge in [0.2, 0.25) is 0 Å². The third kappa shape index (κ3) is 2.37. The molecule has 0 saturated carbocycles. The molecule has 0 fully saturated rings. The second-order valence-electron chi connectivity index (χ2n) is 5.18. The van der Waals surface area contributed by atoms with Crippen molar-refractivity contribution in [3.05, 3.63) is 40.0 Å². The summed E-state index contributed by atoms with van der Waals surface area (Å²) in [6.45, 7) is 8.56. The number of aryl methyl sites for hydroxylation is 2. The molecule has 0 aliphatic heterocycles. The molecule has 2 heteroatoms. The van der Waals surface area contributed by atoms with Crippen LogP contribution in [0.15, 0.2) is 18.2 Å². The highest BCUT2D eigenvalue weighted by Gasteiger charge is 2.14. The molecule has 0 bridgehead atoms. The summed E-state index contributed by atoms with van der Waals surface area (Å²) in [6, 6.07) is 6.44. The molecule has 0 unspecified atom stereocenters. The van der Waals surface area contributed by atoms with Crippen molar-refractivity contribution in [2.75, 3.05) is 0 Å². The van der Waals surface area contributed by atoms with Crippen molar-refractivity contribution >= 4 is 22.5 Å². The second kappa shape index (κ2) is 5.27. The molecule has 18 heavy (non-hydrogen) atoms. The Morgan fingerprint density at radius 1 is 1.28 bits per heavy atom. The average molecular weight is 262 g/mol. The molecule has 1 aromatic carbocycles. The predicted molar refractivity (Wildman–Crippen MR) is 79.6 cm³/mol. The number of halogens is 1. The molecular formula is C16H20ClN.